The van der Waals surface area contributed by atoms with Crippen LogP contribution in [0.3, 0.4) is 0 Å². The molecule has 3 heterocycles. The Bertz CT molecular complexity index is 2930. The number of amides is 1. The first kappa shape index (κ1) is 76.3. The van der Waals surface area contributed by atoms with Gasteiger partial charge in [-0.1, -0.05) is 22.6 Å². The van der Waals surface area contributed by atoms with Crippen LogP contribution in [0.4, 0.5) is 0 Å². The minimum Gasteiger partial charge on any atom is -0.487 e. The molecule has 1 aliphatic heterocycles. The predicted octanol–water partition coefficient (Wildman–Crippen LogP) is -3.10. The minimum absolute atomic E-state index is 0.000254. The maximum absolute atomic E-state index is 13.6. The van der Waals surface area contributed by atoms with Crippen LogP contribution in [0, 0.1) is 5.92 Å². The van der Waals surface area contributed by atoms with Crippen molar-refractivity contribution in [1.82, 2.24) is 40.2 Å². The van der Waals surface area contributed by atoms with Gasteiger partial charge >= 0.3 is 24.1 Å². The Labute approximate surface area is 533 Å². The van der Waals surface area contributed by atoms with E-state index in [0.29, 0.717) is 128 Å². The molecule has 4 aromatic rings. The number of aliphatic hydroxyl groups excluding tert-OH is 6. The van der Waals surface area contributed by atoms with E-state index in [1.54, 1.807) is 27.8 Å². The second kappa shape index (κ2) is 42.0. The summed E-state index contributed by atoms with van der Waals surface area (Å²) in [6.07, 6.45) is -8.85. The molecule has 35 nitrogen and oxygen atoms in total. The van der Waals surface area contributed by atoms with Crippen molar-refractivity contribution >= 4 is 35.7 Å². The Morgan fingerprint density at radius 1 is 0.634 bits per heavy atom. The van der Waals surface area contributed by atoms with Gasteiger partial charge in [0.1, 0.15) is 67.0 Å². The van der Waals surface area contributed by atoms with Crippen molar-refractivity contribution in [3.63, 3.8) is 0 Å². The molecule has 0 bridgehead atoms. The van der Waals surface area contributed by atoms with Crippen molar-refractivity contribution in [2.24, 2.45) is 11.8 Å². The molecule has 1 amide bonds. The molecule has 1 aliphatic carbocycles. The zero-order valence-electron chi connectivity index (χ0n) is 51.6. The van der Waals surface area contributed by atoms with Crippen LogP contribution in [-0.4, -0.2) is 268 Å². The number of Topliss-reactive ketones (excluding diaryl/α,β-unsaturated/α-hetero) is 1. The standard InChI is InChI=1S/C57H83N9O24.CO2/c1-36(67)85-33-38-3-7-47(90-57-54(75)51(72)46(70)35-87-57)42(27-38)45(69)6-5-40-31-65(62-60-40)12-17-82-21-19-79-14-9-64(11-16-81-23-24-84-25-26-88-58)10-15-80-20-22-83-18-13-66-32-41(61-63-66)30-59-55(76)43-28-39(34-86-37(2)68)4-8-48(43)89-49-29-44(56(77)78)50(71)53(74)52(49)73;2-1-3/h3-4,7-8,27-28,31-32,44,46,49-54,57,70-75H,5-6,9-26,29-30,33-35,58H2,1-2H3,(H,59,76)(H,77,78);/t44-,46+,49+,50+,51-,52-,53-,54+,57-;/m0./s1. The van der Waals surface area contributed by atoms with Gasteiger partial charge in [-0.2, -0.15) is 9.59 Å². The summed E-state index contributed by atoms with van der Waals surface area (Å²) in [5.74, 6) is 0.163. The third-order valence-corrected chi connectivity index (χ3v) is 14.0. The lowest BCUT2D eigenvalue weighted by molar-refractivity contribution is -0.242. The molecule has 9 atom stereocenters. The fourth-order valence-electron chi connectivity index (χ4n) is 9.07. The van der Waals surface area contributed by atoms with Gasteiger partial charge < -0.3 is 98.0 Å². The Kier molecular flexibility index (Phi) is 34.5. The number of aryl methyl sites for hydroxylation is 1. The number of benzene rings is 2. The van der Waals surface area contributed by atoms with Gasteiger partial charge in [-0.05, 0) is 35.4 Å². The normalized spacial score (nSPS) is 20.3. The van der Waals surface area contributed by atoms with E-state index < -0.39 is 78.8 Å². The van der Waals surface area contributed by atoms with E-state index >= 15 is 0 Å². The number of ether oxygens (including phenoxy) is 11. The number of aromatic nitrogens is 6. The maximum Gasteiger partial charge on any atom is 0.373 e. The Morgan fingerprint density at radius 2 is 1.13 bits per heavy atom. The number of nitrogens with two attached hydrogens (primary N) is 1. The average Bonchev–Trinajstić information content (AvgIpc) is 1.32. The first-order valence-corrected chi connectivity index (χ1v) is 29.7. The van der Waals surface area contributed by atoms with Crippen LogP contribution in [0.15, 0.2) is 48.8 Å². The number of nitrogens with one attached hydrogen (secondary N) is 1. The lowest BCUT2D eigenvalue weighted by Gasteiger charge is -2.38. The van der Waals surface area contributed by atoms with E-state index in [2.05, 4.69) is 35.7 Å². The molecule has 6 rings (SSSR count). The number of carboxylic acids is 1. The van der Waals surface area contributed by atoms with Crippen molar-refractivity contribution in [2.45, 2.75) is 115 Å². The van der Waals surface area contributed by atoms with Crippen LogP contribution in [-0.2, 0) is 111 Å². The van der Waals surface area contributed by atoms with Crippen LogP contribution >= 0.6 is 0 Å². The number of hydrogen-bond donors (Lipinski definition) is 9. The number of hydrogen-bond acceptors (Lipinski definition) is 31. The zero-order chi connectivity index (χ0) is 67.5. The number of esters is 2. The lowest BCUT2D eigenvalue weighted by Crippen LogP contribution is -2.57. The number of carboxylic acid groups (broad SMARTS) is 1. The predicted molar refractivity (Wildman–Crippen MR) is 311 cm³/mol. The maximum atomic E-state index is 13.6. The highest BCUT2D eigenvalue weighted by Crippen LogP contribution is 2.32. The van der Waals surface area contributed by atoms with Crippen LogP contribution in [0.25, 0.3) is 0 Å². The SMILES string of the molecule is CC(=O)OCc1ccc(O[C@@H]2OC[C@@H](O)[C@H](O)[C@H]2O)c(C(=O)CCc2cn(CCOCCOCCN(CCOCCOCCON)CCOCCOCCn3cc(CNC(=O)c4cc(COC(C)=O)ccc4O[C@@H]4C[C@H](C(=O)O)[C@@H](O)[C@H](O)[C@H]4O)nn3)nn2)c1.O=C=O. The molecular formula is C58H83N9O26. The molecule has 0 radical (unpaired) electrons. The van der Waals surface area contributed by atoms with Crippen molar-refractivity contribution in [2.75, 3.05) is 112 Å². The summed E-state index contributed by atoms with van der Waals surface area (Å²) in [7, 11) is 0. The van der Waals surface area contributed by atoms with Gasteiger partial charge in [0.05, 0.1) is 147 Å². The first-order chi connectivity index (χ1) is 44.8. The van der Waals surface area contributed by atoms with Gasteiger partial charge in [0.2, 0.25) is 6.29 Å². The van der Waals surface area contributed by atoms with E-state index in [1.807, 2.05) is 0 Å². The van der Waals surface area contributed by atoms with Gasteiger partial charge in [0, 0.05) is 58.9 Å². The number of aliphatic hydroxyl groups is 6. The van der Waals surface area contributed by atoms with Crippen LogP contribution in [0.5, 0.6) is 11.5 Å². The largest absolute Gasteiger partial charge is 0.487 e. The van der Waals surface area contributed by atoms with Crippen LogP contribution in [0.2, 0.25) is 0 Å². The number of carbonyl (C=O) groups excluding carboxylic acids is 6. The molecule has 10 N–H and O–H groups in total. The second-order valence-electron chi connectivity index (χ2n) is 20.9. The Hall–Kier alpha value is -7.39. The first-order valence-electron chi connectivity index (χ1n) is 29.7. The van der Waals surface area contributed by atoms with E-state index in [9.17, 15) is 59.7 Å². The summed E-state index contributed by atoms with van der Waals surface area (Å²) < 4.78 is 64.9. The molecular weight excluding hydrogens is 1240 g/mol. The van der Waals surface area contributed by atoms with Gasteiger partial charge in [-0.15, -0.1) is 10.2 Å². The summed E-state index contributed by atoms with van der Waals surface area (Å²) in [6, 6.07) is 8.90. The summed E-state index contributed by atoms with van der Waals surface area (Å²) in [6.45, 7) is 8.92. The van der Waals surface area contributed by atoms with Crippen LogP contribution < -0.4 is 20.7 Å². The van der Waals surface area contributed by atoms with E-state index in [4.69, 9.17) is 67.6 Å². The van der Waals surface area contributed by atoms with Crippen molar-refractivity contribution in [3.8, 4) is 11.5 Å². The Morgan fingerprint density at radius 3 is 1.67 bits per heavy atom. The molecule has 1 saturated heterocycles. The average molecular weight is 1320 g/mol. The number of carbonyl (C=O) groups is 5. The monoisotopic (exact) mass is 1320 g/mol. The van der Waals surface area contributed by atoms with E-state index in [0.717, 1.165) is 0 Å². The fourth-order valence-corrected chi connectivity index (χ4v) is 9.07. The molecule has 2 aromatic carbocycles. The van der Waals surface area contributed by atoms with Crippen molar-refractivity contribution in [1.29, 1.82) is 0 Å². The molecule has 2 aliphatic rings. The number of nitrogens with zero attached hydrogens (tertiary/aromatic N) is 7. The van der Waals surface area contributed by atoms with Crippen molar-refractivity contribution in [3.05, 3.63) is 82.4 Å². The highest BCUT2D eigenvalue weighted by molar-refractivity contribution is 5.99. The van der Waals surface area contributed by atoms with Gasteiger partial charge in [0.15, 0.2) is 5.78 Å². The summed E-state index contributed by atoms with van der Waals surface area (Å²) >= 11 is 0. The third kappa shape index (κ3) is 27.2. The third-order valence-electron chi connectivity index (χ3n) is 14.0. The fraction of sp³-hybridized carbons (Fsp3) is 0.621. The Balaban J connectivity index is 0.00000512. The number of rotatable bonds is 43. The highest BCUT2D eigenvalue weighted by Gasteiger charge is 2.47. The smallest absolute Gasteiger partial charge is 0.373 e. The number of aliphatic carboxylic acids is 1. The topological polar surface area (TPSA) is 475 Å². The number of ketones is 1. The van der Waals surface area contributed by atoms with Gasteiger partial charge in [-0.3, -0.25) is 28.9 Å². The second-order valence-corrected chi connectivity index (χ2v) is 20.9. The molecule has 0 unspecified atom stereocenters. The van der Waals surface area contributed by atoms with E-state index in [1.165, 1.54) is 44.2 Å². The molecule has 1 saturated carbocycles. The molecule has 93 heavy (non-hydrogen) atoms. The van der Waals surface area contributed by atoms with Crippen molar-refractivity contribution < 1.29 is 126 Å². The summed E-state index contributed by atoms with van der Waals surface area (Å²) in [5, 5.41) is 90.5. The van der Waals surface area contributed by atoms with Gasteiger partial charge in [0.25, 0.3) is 5.91 Å². The summed E-state index contributed by atoms with van der Waals surface area (Å²) in [5.41, 5.74) is 1.99. The molecule has 2 aromatic heterocycles. The van der Waals surface area contributed by atoms with E-state index in [-0.39, 0.29) is 93.4 Å². The lowest BCUT2D eigenvalue weighted by atomic mass is 9.80. The zero-order valence-corrected chi connectivity index (χ0v) is 51.6. The molecule has 516 valence electrons. The molecule has 2 fully saturated rings. The minimum atomic E-state index is -1.82. The highest BCUT2D eigenvalue weighted by atomic mass is 16.7. The quantitative estimate of drug-likeness (QED) is 0.00917. The van der Waals surface area contributed by atoms with Crippen LogP contribution in [0.1, 0.15) is 69.9 Å². The van der Waals surface area contributed by atoms with Gasteiger partial charge in [-0.25, -0.2) is 15.3 Å². The molecule has 35 heteroatoms. The molecule has 0 spiro atoms. The summed E-state index contributed by atoms with van der Waals surface area (Å²) in [4.78, 5) is 84.7.